The van der Waals surface area contributed by atoms with Crippen molar-refractivity contribution >= 4 is 5.91 Å². The van der Waals surface area contributed by atoms with E-state index in [4.69, 9.17) is 14.5 Å². The molecule has 0 aliphatic rings. The summed E-state index contributed by atoms with van der Waals surface area (Å²) in [4.78, 5) is 12.1. The molecular formula is C19H15N3O3. The summed E-state index contributed by atoms with van der Waals surface area (Å²) in [5, 5.41) is 15.5. The highest BCUT2D eigenvalue weighted by Gasteiger charge is 2.10. The van der Waals surface area contributed by atoms with E-state index >= 15 is 0 Å². The smallest absolute Gasteiger partial charge is 0.251 e. The minimum Gasteiger partial charge on any atom is -0.497 e. The van der Waals surface area contributed by atoms with Gasteiger partial charge in [0.2, 0.25) is 0 Å². The van der Waals surface area contributed by atoms with E-state index in [0.29, 0.717) is 22.6 Å². The van der Waals surface area contributed by atoms with E-state index in [1.54, 1.807) is 37.4 Å². The number of benzene rings is 2. The molecule has 0 fully saturated rings. The summed E-state index contributed by atoms with van der Waals surface area (Å²) in [6, 6.07) is 17.6. The van der Waals surface area contributed by atoms with E-state index in [9.17, 15) is 4.79 Å². The van der Waals surface area contributed by atoms with Gasteiger partial charge in [0.05, 0.1) is 25.3 Å². The second-order valence-electron chi connectivity index (χ2n) is 5.28. The molecule has 1 aromatic heterocycles. The fourth-order valence-corrected chi connectivity index (χ4v) is 2.26. The van der Waals surface area contributed by atoms with E-state index in [0.717, 1.165) is 11.3 Å². The first-order valence-electron chi connectivity index (χ1n) is 7.58. The molecule has 0 radical (unpaired) electrons. The zero-order valence-corrected chi connectivity index (χ0v) is 13.5. The highest BCUT2D eigenvalue weighted by molar-refractivity contribution is 5.94. The number of carbonyl (C=O) groups excluding carboxylic acids is 1. The SMILES string of the molecule is COc1ccc(-c2cc(CNC(=O)c3ccc(C#N)cc3)no2)cc1. The lowest BCUT2D eigenvalue weighted by Gasteiger charge is -2.02. The molecular weight excluding hydrogens is 318 g/mol. The minimum absolute atomic E-state index is 0.238. The topological polar surface area (TPSA) is 88.1 Å². The zero-order chi connectivity index (χ0) is 17.6. The van der Waals surface area contributed by atoms with Crippen LogP contribution < -0.4 is 10.1 Å². The van der Waals surface area contributed by atoms with Crippen LogP contribution >= 0.6 is 0 Å². The summed E-state index contributed by atoms with van der Waals surface area (Å²) in [5.74, 6) is 1.14. The lowest BCUT2D eigenvalue weighted by molar-refractivity contribution is 0.0950. The van der Waals surface area contributed by atoms with E-state index < -0.39 is 0 Å². The van der Waals surface area contributed by atoms with Crippen LogP contribution in [0.5, 0.6) is 5.75 Å². The monoisotopic (exact) mass is 333 g/mol. The van der Waals surface area contributed by atoms with Crippen molar-refractivity contribution < 1.29 is 14.1 Å². The third kappa shape index (κ3) is 3.85. The van der Waals surface area contributed by atoms with Gasteiger partial charge in [-0.3, -0.25) is 4.79 Å². The molecule has 2 aromatic carbocycles. The summed E-state index contributed by atoms with van der Waals surface area (Å²) in [7, 11) is 1.61. The van der Waals surface area contributed by atoms with E-state index in [1.807, 2.05) is 30.3 Å². The summed E-state index contributed by atoms with van der Waals surface area (Å²) in [5.41, 5.74) is 2.49. The second kappa shape index (κ2) is 7.32. The molecule has 0 aliphatic heterocycles. The Labute approximate surface area is 144 Å². The average molecular weight is 333 g/mol. The van der Waals surface area contributed by atoms with Crippen molar-refractivity contribution in [1.29, 1.82) is 5.26 Å². The Balaban J connectivity index is 1.62. The largest absolute Gasteiger partial charge is 0.497 e. The number of methoxy groups -OCH3 is 1. The van der Waals surface area contributed by atoms with Crippen molar-refractivity contribution in [2.75, 3.05) is 7.11 Å². The molecule has 3 aromatic rings. The van der Waals surface area contributed by atoms with Crippen molar-refractivity contribution in [1.82, 2.24) is 10.5 Å². The molecule has 6 nitrogen and oxygen atoms in total. The quantitative estimate of drug-likeness (QED) is 0.775. The number of rotatable bonds is 5. The molecule has 124 valence electrons. The minimum atomic E-state index is -0.238. The van der Waals surface area contributed by atoms with Crippen molar-refractivity contribution in [2.45, 2.75) is 6.54 Å². The highest BCUT2D eigenvalue weighted by atomic mass is 16.5. The van der Waals surface area contributed by atoms with Crippen molar-refractivity contribution in [2.24, 2.45) is 0 Å². The molecule has 1 amide bonds. The molecule has 0 bridgehead atoms. The molecule has 6 heteroatoms. The van der Waals surface area contributed by atoms with Gasteiger partial charge in [0, 0.05) is 17.2 Å². The normalized spacial score (nSPS) is 10.1. The van der Waals surface area contributed by atoms with Crippen LogP contribution in [0.25, 0.3) is 11.3 Å². The predicted octanol–water partition coefficient (Wildman–Crippen LogP) is 3.15. The van der Waals surface area contributed by atoms with Gasteiger partial charge < -0.3 is 14.6 Å². The molecule has 0 atom stereocenters. The molecule has 1 N–H and O–H groups in total. The Bertz CT molecular complexity index is 906. The summed E-state index contributed by atoms with van der Waals surface area (Å²) >= 11 is 0. The van der Waals surface area contributed by atoms with E-state index in [2.05, 4.69) is 10.5 Å². The van der Waals surface area contributed by atoms with Crippen LogP contribution in [0.15, 0.2) is 59.1 Å². The number of hydrogen-bond donors (Lipinski definition) is 1. The van der Waals surface area contributed by atoms with Gasteiger partial charge in [-0.05, 0) is 48.5 Å². The Morgan fingerprint density at radius 2 is 1.92 bits per heavy atom. The van der Waals surface area contributed by atoms with Crippen LogP contribution in [0.3, 0.4) is 0 Å². The highest BCUT2D eigenvalue weighted by Crippen LogP contribution is 2.23. The number of amides is 1. The first kappa shape index (κ1) is 16.3. The Hall–Kier alpha value is -3.59. The molecule has 25 heavy (non-hydrogen) atoms. The van der Waals surface area contributed by atoms with Gasteiger partial charge >= 0.3 is 0 Å². The number of aromatic nitrogens is 1. The zero-order valence-electron chi connectivity index (χ0n) is 13.5. The maximum atomic E-state index is 12.1. The van der Waals surface area contributed by atoms with Crippen molar-refractivity contribution in [3.63, 3.8) is 0 Å². The first-order valence-corrected chi connectivity index (χ1v) is 7.58. The predicted molar refractivity (Wildman–Crippen MR) is 90.8 cm³/mol. The number of ether oxygens (including phenoxy) is 1. The molecule has 3 rings (SSSR count). The van der Waals surface area contributed by atoms with Gasteiger partial charge in [-0.25, -0.2) is 0 Å². The van der Waals surface area contributed by atoms with Gasteiger partial charge in [-0.15, -0.1) is 0 Å². The molecule has 0 aliphatic carbocycles. The average Bonchev–Trinajstić information content (AvgIpc) is 3.15. The lowest BCUT2D eigenvalue weighted by Crippen LogP contribution is -2.22. The van der Waals surface area contributed by atoms with Crippen LogP contribution in [-0.2, 0) is 6.54 Å². The van der Waals surface area contributed by atoms with Crippen LogP contribution in [0.4, 0.5) is 0 Å². The number of nitriles is 1. The fourth-order valence-electron chi connectivity index (χ4n) is 2.26. The van der Waals surface area contributed by atoms with Crippen LogP contribution in [0.2, 0.25) is 0 Å². The van der Waals surface area contributed by atoms with Gasteiger partial charge in [0.25, 0.3) is 5.91 Å². The van der Waals surface area contributed by atoms with Crippen LogP contribution in [-0.4, -0.2) is 18.2 Å². The molecule has 0 unspecified atom stereocenters. The maximum Gasteiger partial charge on any atom is 0.251 e. The maximum absolute atomic E-state index is 12.1. The van der Waals surface area contributed by atoms with Gasteiger partial charge in [-0.2, -0.15) is 5.26 Å². The standard InChI is InChI=1S/C19H15N3O3/c1-24-17-8-6-14(7-9-17)18-10-16(22-25-18)12-21-19(23)15-4-2-13(11-20)3-5-15/h2-10H,12H2,1H3,(H,21,23). The second-order valence-corrected chi connectivity index (χ2v) is 5.28. The van der Waals surface area contributed by atoms with Crippen LogP contribution in [0, 0.1) is 11.3 Å². The Morgan fingerprint density at radius 1 is 1.20 bits per heavy atom. The molecule has 0 saturated heterocycles. The Morgan fingerprint density at radius 3 is 2.56 bits per heavy atom. The molecule has 0 spiro atoms. The molecule has 1 heterocycles. The fraction of sp³-hybridized carbons (Fsp3) is 0.105. The van der Waals surface area contributed by atoms with Crippen molar-refractivity contribution in [3.8, 4) is 23.1 Å². The first-order chi connectivity index (χ1) is 12.2. The van der Waals surface area contributed by atoms with E-state index in [1.165, 1.54) is 0 Å². The summed E-state index contributed by atoms with van der Waals surface area (Å²) < 4.78 is 10.4. The van der Waals surface area contributed by atoms with Gasteiger partial charge in [0.15, 0.2) is 5.76 Å². The molecule has 0 saturated carbocycles. The summed E-state index contributed by atoms with van der Waals surface area (Å²) in [6.45, 7) is 0.249. The summed E-state index contributed by atoms with van der Waals surface area (Å²) in [6.07, 6.45) is 0. The van der Waals surface area contributed by atoms with Crippen LogP contribution in [0.1, 0.15) is 21.6 Å². The lowest BCUT2D eigenvalue weighted by atomic mass is 10.1. The number of carbonyl (C=O) groups is 1. The third-order valence-electron chi connectivity index (χ3n) is 3.64. The third-order valence-corrected chi connectivity index (χ3v) is 3.64. The van der Waals surface area contributed by atoms with E-state index in [-0.39, 0.29) is 12.5 Å². The number of hydrogen-bond acceptors (Lipinski definition) is 5. The number of nitrogens with one attached hydrogen (secondary N) is 1. The van der Waals surface area contributed by atoms with Gasteiger partial charge in [-0.1, -0.05) is 5.16 Å². The Kier molecular flexibility index (Phi) is 4.77. The van der Waals surface area contributed by atoms with Gasteiger partial charge in [0.1, 0.15) is 11.4 Å². The van der Waals surface area contributed by atoms with Crippen molar-refractivity contribution in [3.05, 3.63) is 71.4 Å². The number of nitrogens with zero attached hydrogens (tertiary/aromatic N) is 2.